The first kappa shape index (κ1) is 49.1. The lowest BCUT2D eigenvalue weighted by Gasteiger charge is -2.19. The molecular weight excluding hydrogens is 925 g/mol. The van der Waals surface area contributed by atoms with Gasteiger partial charge in [-0.15, -0.1) is 22.7 Å². The highest BCUT2D eigenvalue weighted by Crippen LogP contribution is 2.49. The van der Waals surface area contributed by atoms with Gasteiger partial charge >= 0.3 is 0 Å². The summed E-state index contributed by atoms with van der Waals surface area (Å²) >= 11 is 3.07. The van der Waals surface area contributed by atoms with Gasteiger partial charge in [0, 0.05) is 43.4 Å². The number of nitrogens with zero attached hydrogens (tertiary/aromatic N) is 2. The molecule has 0 aliphatic rings. The van der Waals surface area contributed by atoms with Gasteiger partial charge in [0.1, 0.15) is 11.5 Å². The molecule has 0 atom stereocenters. The van der Waals surface area contributed by atoms with Gasteiger partial charge in [-0.25, -0.2) is 0 Å². The Morgan fingerprint density at radius 1 is 0.403 bits per heavy atom. The fraction of sp³-hybridized carbons (Fsp3) is 0.312. The molecule has 0 saturated carbocycles. The Balaban J connectivity index is 0.858. The monoisotopic (exact) mass is 992 g/mol. The molecule has 8 heteroatoms. The minimum absolute atomic E-state index is 0.00380. The average molecular weight is 993 g/mol. The molecule has 0 radical (unpaired) electrons. The Labute approximate surface area is 433 Å². The van der Waals surface area contributed by atoms with Crippen molar-refractivity contribution in [2.75, 3.05) is 13.2 Å². The summed E-state index contributed by atoms with van der Waals surface area (Å²) in [6, 6.07) is 43.0. The maximum absolute atomic E-state index is 12.1. The van der Waals surface area contributed by atoms with E-state index in [-0.39, 0.29) is 33.2 Å². The molecule has 0 unspecified atom stereocenters. The Kier molecular flexibility index (Phi) is 12.4. The van der Waals surface area contributed by atoms with Crippen molar-refractivity contribution < 1.29 is 19.7 Å². The molecular formula is C64H68N2O4S2. The third-order valence-electron chi connectivity index (χ3n) is 14.3. The number of thiophene rings is 2. The third-order valence-corrected chi connectivity index (χ3v) is 16.3. The van der Waals surface area contributed by atoms with Crippen molar-refractivity contribution in [2.45, 2.75) is 118 Å². The molecule has 6 nitrogen and oxygen atoms in total. The van der Waals surface area contributed by atoms with E-state index in [1.54, 1.807) is 0 Å². The van der Waals surface area contributed by atoms with Gasteiger partial charge in [0.2, 0.25) is 0 Å². The summed E-state index contributed by atoms with van der Waals surface area (Å²) in [7, 11) is 0. The molecule has 0 spiro atoms. The van der Waals surface area contributed by atoms with Crippen LogP contribution in [0.5, 0.6) is 23.0 Å². The number of hydrogen-bond acceptors (Lipinski definition) is 6. The van der Waals surface area contributed by atoms with Crippen LogP contribution in [0.15, 0.2) is 132 Å². The summed E-state index contributed by atoms with van der Waals surface area (Å²) in [5, 5.41) is 33.2. The Morgan fingerprint density at radius 3 is 0.986 bits per heavy atom. The van der Waals surface area contributed by atoms with Gasteiger partial charge in [0.05, 0.1) is 56.4 Å². The van der Waals surface area contributed by atoms with Crippen molar-refractivity contribution in [3.8, 4) is 55.3 Å². The van der Waals surface area contributed by atoms with E-state index in [2.05, 4.69) is 176 Å². The van der Waals surface area contributed by atoms with Gasteiger partial charge in [0.25, 0.3) is 0 Å². The smallest absolute Gasteiger partial charge is 0.158 e. The predicted molar refractivity (Wildman–Crippen MR) is 307 cm³/mol. The molecule has 0 aliphatic carbocycles. The Hall–Kier alpha value is -6.48. The number of ether oxygens (including phenoxy) is 2. The van der Waals surface area contributed by atoms with Gasteiger partial charge < -0.3 is 28.8 Å². The van der Waals surface area contributed by atoms with Gasteiger partial charge in [-0.3, -0.25) is 0 Å². The molecule has 10 rings (SSSR count). The first-order valence-corrected chi connectivity index (χ1v) is 27.1. The van der Waals surface area contributed by atoms with E-state index < -0.39 is 0 Å². The van der Waals surface area contributed by atoms with Crippen molar-refractivity contribution >= 4 is 66.3 Å². The maximum Gasteiger partial charge on any atom is 0.158 e. The molecule has 0 amide bonds. The predicted octanol–water partition coefficient (Wildman–Crippen LogP) is 18.2. The lowest BCUT2D eigenvalue weighted by atomic mass is 9.85. The van der Waals surface area contributed by atoms with E-state index in [1.165, 1.54) is 66.5 Å². The van der Waals surface area contributed by atoms with Crippen LogP contribution >= 0.6 is 22.7 Å². The second kappa shape index (κ2) is 18.2. The second-order valence-electron chi connectivity index (χ2n) is 23.6. The van der Waals surface area contributed by atoms with E-state index in [0.29, 0.717) is 13.2 Å². The largest absolute Gasteiger partial charge is 0.504 e. The summed E-state index contributed by atoms with van der Waals surface area (Å²) in [5.41, 5.74) is 12.6. The molecule has 0 fully saturated rings. The zero-order chi connectivity index (χ0) is 51.1. The highest BCUT2D eigenvalue weighted by atomic mass is 32.1. The van der Waals surface area contributed by atoms with Gasteiger partial charge in [-0.2, -0.15) is 0 Å². The number of aromatic nitrogens is 2. The molecule has 0 saturated heterocycles. The third kappa shape index (κ3) is 8.95. The van der Waals surface area contributed by atoms with E-state index in [1.807, 2.05) is 48.5 Å². The zero-order valence-corrected chi connectivity index (χ0v) is 45.6. The SMILES string of the molecule is CC(C)(C)c1ccc2c(c1)c1cc(C(C)(C)C)ccc1n2-c1csc(-c2ccccc2OCCCCOc2ccccc2-c2scc(-n3c4ccc(C(C)(C)C)cc4c4cc(C(C)(C)C)ccc43)c2O)c1O. The van der Waals surface area contributed by atoms with Gasteiger partial charge in [-0.05, 0) is 130 Å². The molecule has 6 aromatic carbocycles. The van der Waals surface area contributed by atoms with E-state index in [0.717, 1.165) is 78.7 Å². The summed E-state index contributed by atoms with van der Waals surface area (Å²) in [5.74, 6) is 1.95. The van der Waals surface area contributed by atoms with Crippen LogP contribution in [-0.4, -0.2) is 32.6 Å². The van der Waals surface area contributed by atoms with E-state index in [9.17, 15) is 10.2 Å². The number of aromatic hydroxyl groups is 2. The van der Waals surface area contributed by atoms with Gasteiger partial charge in [0.15, 0.2) is 11.5 Å². The topological polar surface area (TPSA) is 68.8 Å². The lowest BCUT2D eigenvalue weighted by Crippen LogP contribution is -2.10. The van der Waals surface area contributed by atoms with Crippen LogP contribution in [0.4, 0.5) is 0 Å². The average Bonchev–Trinajstić information content (AvgIpc) is 4.08. The molecule has 4 aromatic heterocycles. The van der Waals surface area contributed by atoms with Crippen LogP contribution < -0.4 is 9.47 Å². The van der Waals surface area contributed by atoms with Crippen molar-refractivity contribution in [2.24, 2.45) is 0 Å². The van der Waals surface area contributed by atoms with Crippen LogP contribution in [0.25, 0.3) is 75.9 Å². The minimum atomic E-state index is -0.00380. The molecule has 370 valence electrons. The standard InChI is InChI=1S/C64H68N2O4S2/c1-61(2,3)39-23-27-49-45(33-39)46-34-40(62(4,5)6)24-28-50(46)65(49)53-37-71-59(57(53)67)43-19-13-15-21-55(43)69-31-17-18-32-70-56-22-16-14-20-44(56)60-58(68)54(38-72-60)66-51-29-25-41(63(7,8)9)35-47(51)48-36-42(64(10,11)12)26-30-52(48)66/h13-16,19-30,33-38,67-68H,17-18,31-32H2,1-12H3. The van der Waals surface area contributed by atoms with Crippen LogP contribution in [0.3, 0.4) is 0 Å². The first-order valence-electron chi connectivity index (χ1n) is 25.3. The summed E-state index contributed by atoms with van der Waals surface area (Å²) in [4.78, 5) is 1.55. The number of fused-ring (bicyclic) bond motifs is 6. The highest BCUT2D eigenvalue weighted by Gasteiger charge is 2.27. The van der Waals surface area contributed by atoms with Gasteiger partial charge in [-0.1, -0.05) is 132 Å². The number of para-hydroxylation sites is 2. The van der Waals surface area contributed by atoms with Crippen LogP contribution in [0.2, 0.25) is 0 Å². The second-order valence-corrected chi connectivity index (χ2v) is 25.4. The van der Waals surface area contributed by atoms with Crippen LogP contribution in [0, 0.1) is 0 Å². The first-order chi connectivity index (χ1) is 34.1. The maximum atomic E-state index is 12.1. The fourth-order valence-corrected chi connectivity index (χ4v) is 11.9. The van der Waals surface area contributed by atoms with Crippen LogP contribution in [-0.2, 0) is 21.7 Å². The summed E-state index contributed by atoms with van der Waals surface area (Å²) in [6.45, 7) is 28.0. The number of hydrogen-bond donors (Lipinski definition) is 2. The van der Waals surface area contributed by atoms with Crippen molar-refractivity contribution in [3.63, 3.8) is 0 Å². The lowest BCUT2D eigenvalue weighted by molar-refractivity contribution is 0.267. The van der Waals surface area contributed by atoms with Crippen molar-refractivity contribution in [1.82, 2.24) is 9.13 Å². The van der Waals surface area contributed by atoms with E-state index in [4.69, 9.17) is 9.47 Å². The normalized spacial score (nSPS) is 12.8. The number of benzene rings is 6. The number of unbranched alkanes of at least 4 members (excludes halogenated alkanes) is 1. The number of rotatable bonds is 11. The van der Waals surface area contributed by atoms with Crippen molar-refractivity contribution in [3.05, 3.63) is 154 Å². The molecule has 2 N–H and O–H groups in total. The minimum Gasteiger partial charge on any atom is -0.504 e. The molecule has 0 aliphatic heterocycles. The highest BCUT2D eigenvalue weighted by molar-refractivity contribution is 7.14. The summed E-state index contributed by atoms with van der Waals surface area (Å²) < 4.78 is 17.4. The molecule has 72 heavy (non-hydrogen) atoms. The Bertz CT molecular complexity index is 3280. The molecule has 0 bridgehead atoms. The zero-order valence-electron chi connectivity index (χ0n) is 44.0. The molecule has 4 heterocycles. The van der Waals surface area contributed by atoms with E-state index >= 15 is 0 Å². The quantitative estimate of drug-likeness (QED) is 0.127. The Morgan fingerprint density at radius 2 is 0.694 bits per heavy atom. The summed E-state index contributed by atoms with van der Waals surface area (Å²) in [6.07, 6.45) is 1.53. The van der Waals surface area contributed by atoms with Crippen LogP contribution in [0.1, 0.15) is 118 Å². The fourth-order valence-electron chi connectivity index (χ4n) is 9.94. The van der Waals surface area contributed by atoms with Crippen molar-refractivity contribution in [1.29, 1.82) is 0 Å². The molecule has 10 aromatic rings.